The summed E-state index contributed by atoms with van der Waals surface area (Å²) >= 11 is 0. The SMILES string of the molecule is CCCC/C=C\C/C=C\CCCCCCCC(=O)OCCCCCCCCCCCCCCCCCCCCCCCCCCCCC(=O)NC(CO)C(O)CCCCCCCCCCCCCCCCCCCCCCCCCC. The molecule has 0 bridgehead atoms. The van der Waals surface area contributed by atoms with Crippen LogP contribution in [0.2, 0.25) is 0 Å². The van der Waals surface area contributed by atoms with Crippen LogP contribution in [-0.2, 0) is 14.3 Å². The van der Waals surface area contributed by atoms with Crippen molar-refractivity contribution < 1.29 is 24.5 Å². The molecule has 6 heteroatoms. The molecular weight excluding hydrogens is 995 g/mol. The molecule has 0 saturated carbocycles. The Hall–Kier alpha value is -1.66. The van der Waals surface area contributed by atoms with Gasteiger partial charge in [0.05, 0.1) is 25.4 Å². The van der Waals surface area contributed by atoms with Crippen LogP contribution in [0.15, 0.2) is 24.3 Å². The van der Waals surface area contributed by atoms with Crippen LogP contribution < -0.4 is 5.32 Å². The van der Waals surface area contributed by atoms with E-state index < -0.39 is 12.1 Å². The van der Waals surface area contributed by atoms with Crippen LogP contribution in [-0.4, -0.2) is 47.4 Å². The second kappa shape index (κ2) is 70.8. The van der Waals surface area contributed by atoms with Crippen molar-refractivity contribution in [3.63, 3.8) is 0 Å². The largest absolute Gasteiger partial charge is 0.466 e. The number of aliphatic hydroxyl groups is 2. The van der Waals surface area contributed by atoms with Crippen molar-refractivity contribution in [1.29, 1.82) is 0 Å². The van der Waals surface area contributed by atoms with E-state index in [9.17, 15) is 19.8 Å². The molecule has 2 atom stereocenters. The predicted molar refractivity (Wildman–Crippen MR) is 356 cm³/mol. The van der Waals surface area contributed by atoms with Gasteiger partial charge in [0.25, 0.3) is 0 Å². The minimum atomic E-state index is -0.664. The zero-order valence-corrected chi connectivity index (χ0v) is 55.0. The van der Waals surface area contributed by atoms with E-state index in [-0.39, 0.29) is 18.5 Å². The maximum atomic E-state index is 12.6. The molecule has 0 aliphatic heterocycles. The maximum absolute atomic E-state index is 12.6. The van der Waals surface area contributed by atoms with Crippen LogP contribution in [0.25, 0.3) is 0 Å². The molecule has 0 rings (SSSR count). The Morgan fingerprint density at radius 1 is 0.346 bits per heavy atom. The highest BCUT2D eigenvalue weighted by atomic mass is 16.5. The van der Waals surface area contributed by atoms with Crippen molar-refractivity contribution in [1.82, 2.24) is 5.32 Å². The molecule has 0 fully saturated rings. The number of rotatable bonds is 70. The summed E-state index contributed by atoms with van der Waals surface area (Å²) in [4.78, 5) is 24.6. The maximum Gasteiger partial charge on any atom is 0.305 e. The van der Waals surface area contributed by atoms with Crippen LogP contribution in [0.3, 0.4) is 0 Å². The molecule has 0 aliphatic carbocycles. The topological polar surface area (TPSA) is 95.9 Å². The number of nitrogens with one attached hydrogen (secondary N) is 1. The van der Waals surface area contributed by atoms with Gasteiger partial charge < -0.3 is 20.3 Å². The van der Waals surface area contributed by atoms with Crippen LogP contribution >= 0.6 is 0 Å². The van der Waals surface area contributed by atoms with E-state index in [1.807, 2.05) is 0 Å². The number of amides is 1. The van der Waals surface area contributed by atoms with Gasteiger partial charge in [0.15, 0.2) is 0 Å². The van der Waals surface area contributed by atoms with Crippen molar-refractivity contribution in [3.8, 4) is 0 Å². The molecular formula is C75H145NO5. The Morgan fingerprint density at radius 3 is 0.975 bits per heavy atom. The summed E-state index contributed by atoms with van der Waals surface area (Å²) < 4.78 is 5.48. The zero-order chi connectivity index (χ0) is 58.5. The smallest absolute Gasteiger partial charge is 0.305 e. The molecule has 1 amide bonds. The third-order valence-electron chi connectivity index (χ3n) is 17.5. The Bertz CT molecular complexity index is 1270. The standard InChI is InChI=1S/C75H145NO5/c1-3-5-7-9-11-13-15-17-19-20-21-22-23-28-31-34-37-40-43-47-51-55-59-63-67-73(78)72(71-77)76-74(79)68-64-60-56-52-48-44-41-38-35-32-29-26-24-25-27-30-33-36-39-42-46-50-54-58-62-66-70-81-75(80)69-65-61-57-53-49-45-18-16-14-12-10-8-6-4-2/h10,12,16,18,72-73,77-78H,3-9,11,13-15,17,19-71H2,1-2H3,(H,76,79)/b12-10-,18-16-. The van der Waals surface area contributed by atoms with Gasteiger partial charge in [-0.3, -0.25) is 9.59 Å². The van der Waals surface area contributed by atoms with Crippen molar-refractivity contribution >= 4 is 11.9 Å². The van der Waals surface area contributed by atoms with Gasteiger partial charge in [-0.05, 0) is 51.4 Å². The van der Waals surface area contributed by atoms with E-state index >= 15 is 0 Å². The fraction of sp³-hybridized carbons (Fsp3) is 0.920. The summed E-state index contributed by atoms with van der Waals surface area (Å²) in [5.74, 6) is -0.0240. The number of allylic oxidation sites excluding steroid dienone is 4. The van der Waals surface area contributed by atoms with Crippen molar-refractivity contribution in [2.45, 2.75) is 431 Å². The fourth-order valence-electron chi connectivity index (χ4n) is 11.8. The van der Waals surface area contributed by atoms with E-state index in [1.165, 1.54) is 334 Å². The van der Waals surface area contributed by atoms with Crippen LogP contribution in [0, 0.1) is 0 Å². The molecule has 0 saturated heterocycles. The number of hydrogen-bond donors (Lipinski definition) is 3. The fourth-order valence-corrected chi connectivity index (χ4v) is 11.8. The van der Waals surface area contributed by atoms with Crippen LogP contribution in [0.4, 0.5) is 0 Å². The Kier molecular flexibility index (Phi) is 69.4. The minimum Gasteiger partial charge on any atom is -0.466 e. The average Bonchev–Trinajstić information content (AvgIpc) is 3.47. The third-order valence-corrected chi connectivity index (χ3v) is 17.5. The molecule has 0 aromatic carbocycles. The molecule has 480 valence electrons. The first-order valence-corrected chi connectivity index (χ1v) is 37.1. The molecule has 2 unspecified atom stereocenters. The second-order valence-electron chi connectivity index (χ2n) is 25.6. The normalized spacial score (nSPS) is 12.6. The summed E-state index contributed by atoms with van der Waals surface area (Å²) in [6, 6.07) is -0.541. The number of esters is 1. The van der Waals surface area contributed by atoms with Crippen molar-refractivity contribution in [2.24, 2.45) is 0 Å². The highest BCUT2D eigenvalue weighted by Crippen LogP contribution is 2.20. The minimum absolute atomic E-state index is 0.00357. The summed E-state index contributed by atoms with van der Waals surface area (Å²) in [6.07, 6.45) is 89.5. The molecule has 6 nitrogen and oxygen atoms in total. The predicted octanol–water partition coefficient (Wildman–Crippen LogP) is 24.1. The lowest BCUT2D eigenvalue weighted by Crippen LogP contribution is -2.45. The van der Waals surface area contributed by atoms with Gasteiger partial charge in [-0.25, -0.2) is 0 Å². The lowest BCUT2D eigenvalue weighted by Gasteiger charge is -2.22. The number of hydrogen-bond acceptors (Lipinski definition) is 5. The quantitative estimate of drug-likeness (QED) is 0.0320. The molecule has 0 aromatic heterocycles. The molecule has 0 spiro atoms. The second-order valence-corrected chi connectivity index (χ2v) is 25.6. The van der Waals surface area contributed by atoms with Gasteiger partial charge in [0, 0.05) is 12.8 Å². The van der Waals surface area contributed by atoms with Gasteiger partial charge in [-0.15, -0.1) is 0 Å². The van der Waals surface area contributed by atoms with E-state index in [0.717, 1.165) is 51.4 Å². The summed E-state index contributed by atoms with van der Waals surface area (Å²) in [6.45, 7) is 4.95. The molecule has 0 heterocycles. The van der Waals surface area contributed by atoms with E-state index in [1.54, 1.807) is 0 Å². The lowest BCUT2D eigenvalue weighted by molar-refractivity contribution is -0.143. The van der Waals surface area contributed by atoms with Gasteiger partial charge in [-0.2, -0.15) is 0 Å². The van der Waals surface area contributed by atoms with Crippen molar-refractivity contribution in [3.05, 3.63) is 24.3 Å². The highest BCUT2D eigenvalue weighted by Gasteiger charge is 2.20. The molecule has 0 aliphatic rings. The van der Waals surface area contributed by atoms with E-state index in [2.05, 4.69) is 43.5 Å². The molecule has 81 heavy (non-hydrogen) atoms. The first-order chi connectivity index (χ1) is 40.0. The Morgan fingerprint density at radius 2 is 0.630 bits per heavy atom. The van der Waals surface area contributed by atoms with Crippen molar-refractivity contribution in [2.75, 3.05) is 13.2 Å². The first kappa shape index (κ1) is 79.3. The summed E-state index contributed by atoms with van der Waals surface area (Å²) in [5.41, 5.74) is 0. The third kappa shape index (κ3) is 67.3. The number of unbranched alkanes of at least 4 members (excludes halogenated alkanes) is 55. The number of aliphatic hydroxyl groups excluding tert-OH is 2. The Labute approximate surface area is 507 Å². The highest BCUT2D eigenvalue weighted by molar-refractivity contribution is 5.76. The van der Waals surface area contributed by atoms with Gasteiger partial charge in [0.2, 0.25) is 5.91 Å². The molecule has 0 aromatic rings. The first-order valence-electron chi connectivity index (χ1n) is 37.1. The number of ether oxygens (including phenoxy) is 1. The number of carbonyl (C=O) groups is 2. The zero-order valence-electron chi connectivity index (χ0n) is 55.0. The van der Waals surface area contributed by atoms with E-state index in [0.29, 0.717) is 25.9 Å². The Balaban J connectivity index is 3.36. The molecule has 0 radical (unpaired) electrons. The van der Waals surface area contributed by atoms with Gasteiger partial charge in [0.1, 0.15) is 0 Å². The molecule has 3 N–H and O–H groups in total. The van der Waals surface area contributed by atoms with Gasteiger partial charge in [-0.1, -0.05) is 378 Å². The average molecular weight is 1140 g/mol. The van der Waals surface area contributed by atoms with Crippen LogP contribution in [0.1, 0.15) is 418 Å². The summed E-state index contributed by atoms with van der Waals surface area (Å²) in [5, 5.41) is 23.5. The van der Waals surface area contributed by atoms with Gasteiger partial charge >= 0.3 is 5.97 Å². The van der Waals surface area contributed by atoms with Crippen LogP contribution in [0.5, 0.6) is 0 Å². The monoisotopic (exact) mass is 1140 g/mol. The summed E-state index contributed by atoms with van der Waals surface area (Å²) in [7, 11) is 0. The number of carbonyl (C=O) groups excluding carboxylic acids is 2. The van der Waals surface area contributed by atoms with E-state index in [4.69, 9.17) is 4.74 Å². The lowest BCUT2D eigenvalue weighted by atomic mass is 10.0.